The summed E-state index contributed by atoms with van der Waals surface area (Å²) in [5.74, 6) is -50.1. The Morgan fingerprint density at radius 1 is 0.190 bits per heavy atom. The average Bonchev–Trinajstić information content (AvgIpc) is 3.81. The van der Waals surface area contributed by atoms with Gasteiger partial charge in [-0.1, -0.05) is 94.1 Å². The molecule has 0 unspecified atom stereocenters. The number of benzene rings is 4. The Balaban J connectivity index is 1.48. The maximum Gasteiger partial charge on any atom is 0.200 e. The molecule has 0 radical (unpaired) electrons. The molecule has 4 aromatic carbocycles. The van der Waals surface area contributed by atoms with E-state index in [2.05, 4.69) is 0 Å². The van der Waals surface area contributed by atoms with Crippen molar-refractivity contribution in [3.63, 3.8) is 0 Å². The molecule has 0 N–H and O–H groups in total. The van der Waals surface area contributed by atoms with Crippen LogP contribution in [0.1, 0.15) is 0 Å². The van der Waals surface area contributed by atoms with Crippen LogP contribution in [0.5, 0.6) is 0 Å². The van der Waals surface area contributed by atoms with Gasteiger partial charge < -0.3 is 0 Å². The van der Waals surface area contributed by atoms with Crippen LogP contribution in [-0.2, 0) is 0 Å². The Labute approximate surface area is 341 Å². The first-order valence-corrected chi connectivity index (χ1v) is 20.3. The second-order valence-corrected chi connectivity index (χ2v) is 19.9. The van der Waals surface area contributed by atoms with E-state index in [0.717, 1.165) is 0 Å². The van der Waals surface area contributed by atoms with Gasteiger partial charge in [-0.25, -0.2) is 87.8 Å². The molecular weight excluding hydrogens is 997 g/mol. The van der Waals surface area contributed by atoms with Crippen molar-refractivity contribution in [2.45, 2.75) is 19.6 Å². The van der Waals surface area contributed by atoms with Crippen molar-refractivity contribution in [3.8, 4) is 0 Å². The van der Waals surface area contributed by atoms with Crippen LogP contribution >= 0.6 is 94.1 Å². The molecule has 2 aliphatic heterocycles. The van der Waals surface area contributed by atoms with Crippen molar-refractivity contribution in [1.29, 1.82) is 0 Å². The maximum absolute atomic E-state index is 14.7. The molecule has 4 aromatic rings. The topological polar surface area (TPSA) is 0 Å². The van der Waals surface area contributed by atoms with Gasteiger partial charge in [-0.15, -0.1) is 0 Å². The number of hydrogen-bond donors (Lipinski definition) is 0. The first kappa shape index (κ1) is 45.0. The largest absolute Gasteiger partial charge is 0.202 e. The maximum atomic E-state index is 14.7. The fourth-order valence-corrected chi connectivity index (χ4v) is 15.5. The first-order chi connectivity index (χ1) is 27.1. The predicted octanol–water partition coefficient (Wildman–Crippen LogP) is 15.3. The third kappa shape index (κ3) is 7.80. The highest BCUT2D eigenvalue weighted by Crippen LogP contribution is 2.69. The lowest BCUT2D eigenvalue weighted by molar-refractivity contribution is 0.361. The number of halogens is 20. The van der Waals surface area contributed by atoms with Crippen molar-refractivity contribution in [1.82, 2.24) is 0 Å². The van der Waals surface area contributed by atoms with E-state index in [1.54, 1.807) is 0 Å². The molecule has 0 fully saturated rings. The summed E-state index contributed by atoms with van der Waals surface area (Å²) in [6.45, 7) is 0. The molecular formula is C30F20S8. The van der Waals surface area contributed by atoms with Crippen molar-refractivity contribution in [2.75, 3.05) is 0 Å². The quantitative estimate of drug-likeness (QED) is 0.0961. The SMILES string of the molecule is Fc1c(F)c(F)c(SC2=C(Sc3c(F)c(F)c(F)c(F)c3F)SC(=C3SC(Sc4c(F)c(F)c(F)c(F)c4F)=C(Sc4c(F)c(F)c(F)c(F)c4F)S3)S2)c(F)c1F. The molecule has 0 amide bonds. The smallest absolute Gasteiger partial charge is 0.200 e. The summed E-state index contributed by atoms with van der Waals surface area (Å²) >= 11 is -0.573. The van der Waals surface area contributed by atoms with Crippen molar-refractivity contribution >= 4 is 94.1 Å². The van der Waals surface area contributed by atoms with E-state index in [4.69, 9.17) is 0 Å². The van der Waals surface area contributed by atoms with Crippen LogP contribution in [0.4, 0.5) is 87.8 Å². The summed E-state index contributed by atoms with van der Waals surface area (Å²) < 4.78 is 282. The molecule has 0 spiro atoms. The van der Waals surface area contributed by atoms with Crippen LogP contribution in [-0.4, -0.2) is 0 Å². The third-order valence-corrected chi connectivity index (χ3v) is 18.2. The molecule has 0 aromatic heterocycles. The van der Waals surface area contributed by atoms with Crippen LogP contribution in [0.3, 0.4) is 0 Å². The van der Waals surface area contributed by atoms with Crippen molar-refractivity contribution in [3.05, 3.63) is 142 Å². The highest BCUT2D eigenvalue weighted by atomic mass is 32.3. The fraction of sp³-hybridized carbons (Fsp3) is 0. The Bertz CT molecular complexity index is 2130. The van der Waals surface area contributed by atoms with E-state index >= 15 is 0 Å². The number of thioether (sulfide) groups is 8. The van der Waals surface area contributed by atoms with Crippen molar-refractivity contribution < 1.29 is 87.8 Å². The molecule has 2 heterocycles. The summed E-state index contributed by atoms with van der Waals surface area (Å²) in [7, 11) is 0. The number of rotatable bonds is 8. The normalized spacial score (nSPS) is 14.7. The summed E-state index contributed by atoms with van der Waals surface area (Å²) in [4.78, 5) is -6.68. The van der Waals surface area contributed by atoms with Crippen molar-refractivity contribution in [2.24, 2.45) is 0 Å². The minimum Gasteiger partial charge on any atom is -0.202 e. The Morgan fingerprint density at radius 3 is 0.448 bits per heavy atom. The zero-order chi connectivity index (χ0) is 43.0. The third-order valence-electron chi connectivity index (χ3n) is 6.70. The second-order valence-electron chi connectivity index (χ2n) is 10.1. The molecule has 28 heteroatoms. The lowest BCUT2D eigenvalue weighted by Crippen LogP contribution is -2.03. The molecule has 308 valence electrons. The van der Waals surface area contributed by atoms with E-state index in [0.29, 0.717) is 0 Å². The van der Waals surface area contributed by atoms with E-state index in [9.17, 15) is 87.8 Å². The predicted molar refractivity (Wildman–Crippen MR) is 180 cm³/mol. The highest BCUT2D eigenvalue weighted by molar-refractivity contribution is 8.45. The lowest BCUT2D eigenvalue weighted by atomic mass is 10.3. The van der Waals surface area contributed by atoms with Gasteiger partial charge in [0, 0.05) is 0 Å². The Morgan fingerprint density at radius 2 is 0.310 bits per heavy atom. The summed E-state index contributed by atoms with van der Waals surface area (Å²) in [6, 6.07) is 0. The molecule has 0 nitrogen and oxygen atoms in total. The van der Waals surface area contributed by atoms with Gasteiger partial charge >= 0.3 is 0 Å². The van der Waals surface area contributed by atoms with Gasteiger partial charge in [0.2, 0.25) is 23.3 Å². The van der Waals surface area contributed by atoms with Gasteiger partial charge in [0.15, 0.2) is 93.1 Å². The van der Waals surface area contributed by atoms with Gasteiger partial charge in [0.05, 0.1) is 45.0 Å². The first-order valence-electron chi connectivity index (χ1n) is 13.8. The van der Waals surface area contributed by atoms with Gasteiger partial charge in [0.25, 0.3) is 0 Å². The number of hydrogen-bond acceptors (Lipinski definition) is 8. The minimum absolute atomic E-state index is 0.193. The Kier molecular flexibility index (Phi) is 13.3. The fourth-order valence-electron chi connectivity index (χ4n) is 4.03. The molecule has 0 saturated carbocycles. The van der Waals surface area contributed by atoms with E-state index < -0.39 is 161 Å². The van der Waals surface area contributed by atoms with E-state index in [1.165, 1.54) is 0 Å². The van der Waals surface area contributed by atoms with Crippen LogP contribution in [0.2, 0.25) is 0 Å². The molecule has 2 aliphatic rings. The van der Waals surface area contributed by atoms with Gasteiger partial charge in [-0.05, 0) is 0 Å². The van der Waals surface area contributed by atoms with Crippen LogP contribution in [0.15, 0.2) is 45.0 Å². The van der Waals surface area contributed by atoms with Gasteiger partial charge in [0.1, 0.15) is 0 Å². The zero-order valence-electron chi connectivity index (χ0n) is 25.8. The summed E-state index contributed by atoms with van der Waals surface area (Å²) in [5.41, 5.74) is 0. The van der Waals surface area contributed by atoms with Gasteiger partial charge in [-0.3, -0.25) is 0 Å². The monoisotopic (exact) mass is 996 g/mol. The summed E-state index contributed by atoms with van der Waals surface area (Å²) in [5, 5.41) is 0. The van der Waals surface area contributed by atoms with Crippen LogP contribution in [0.25, 0.3) is 0 Å². The molecule has 58 heavy (non-hydrogen) atoms. The molecule has 0 aliphatic carbocycles. The Hall–Kier alpha value is -2.50. The molecule has 0 saturated heterocycles. The van der Waals surface area contributed by atoms with Gasteiger partial charge in [-0.2, -0.15) is 0 Å². The average molecular weight is 997 g/mol. The van der Waals surface area contributed by atoms with Crippen LogP contribution < -0.4 is 0 Å². The second kappa shape index (κ2) is 17.1. The van der Waals surface area contributed by atoms with Crippen LogP contribution in [0, 0.1) is 116 Å². The molecule has 0 atom stereocenters. The van der Waals surface area contributed by atoms with E-state index in [-0.39, 0.29) is 94.1 Å². The standard InChI is InChI=1S/C30F20S8/c31-1-5(35)13(43)21(14(44)6(1)36)51-25-26(52-22-15(45)7(37)2(32)8(38)16(22)46)56-29(55-25)30-57-27(53-23-17(47)9(39)3(33)10(40)18(23)48)28(58-30)54-24-19(49)11(41)4(34)12(42)20(24)50. The zero-order valence-corrected chi connectivity index (χ0v) is 32.4. The van der Waals surface area contributed by atoms with E-state index in [1.807, 2.05) is 0 Å². The highest BCUT2D eigenvalue weighted by Gasteiger charge is 2.38. The minimum atomic E-state index is -2.62. The molecule has 0 bridgehead atoms. The summed E-state index contributed by atoms with van der Waals surface area (Å²) in [6.07, 6.45) is 0. The molecule has 6 rings (SSSR count). The lowest BCUT2D eigenvalue weighted by Gasteiger charge is -2.10.